The number of carboxylic acids is 1. The molecule has 6 heteroatoms. The lowest BCUT2D eigenvalue weighted by Crippen LogP contribution is -2.39. The van der Waals surface area contributed by atoms with Crippen LogP contribution in [0.3, 0.4) is 0 Å². The van der Waals surface area contributed by atoms with E-state index >= 15 is 0 Å². The lowest BCUT2D eigenvalue weighted by atomic mass is 9.85. The summed E-state index contributed by atoms with van der Waals surface area (Å²) in [5.41, 5.74) is 2.98. The highest BCUT2D eigenvalue weighted by molar-refractivity contribution is 5.94. The summed E-state index contributed by atoms with van der Waals surface area (Å²) in [6.45, 7) is 5.28. The minimum Gasteiger partial charge on any atom is -0.481 e. The zero-order valence-corrected chi connectivity index (χ0v) is 20.7. The van der Waals surface area contributed by atoms with Crippen molar-refractivity contribution in [1.29, 1.82) is 0 Å². The van der Waals surface area contributed by atoms with Gasteiger partial charge in [0.15, 0.2) is 5.94 Å². The average Bonchev–Trinajstić information content (AvgIpc) is 2.86. The van der Waals surface area contributed by atoms with Gasteiger partial charge in [-0.15, -0.1) is 0 Å². The molecule has 0 radical (unpaired) electrons. The van der Waals surface area contributed by atoms with E-state index in [0.717, 1.165) is 16.7 Å². The zero-order chi connectivity index (χ0) is 26.1. The van der Waals surface area contributed by atoms with Gasteiger partial charge in [-0.3, -0.25) is 9.59 Å². The second-order valence-corrected chi connectivity index (χ2v) is 9.52. The van der Waals surface area contributed by atoms with Crippen molar-refractivity contribution >= 4 is 17.8 Å². The third-order valence-electron chi connectivity index (χ3n) is 5.56. The van der Waals surface area contributed by atoms with Crippen molar-refractivity contribution in [3.05, 3.63) is 113 Å². The Morgan fingerprint density at radius 1 is 0.861 bits per heavy atom. The molecule has 0 saturated heterocycles. The molecule has 1 amide bonds. The summed E-state index contributed by atoms with van der Waals surface area (Å²) in [6, 6.07) is 26.6. The van der Waals surface area contributed by atoms with Crippen LogP contribution in [0.5, 0.6) is 0 Å². The van der Waals surface area contributed by atoms with Crippen molar-refractivity contribution in [3.8, 4) is 0 Å². The normalized spacial score (nSPS) is 11.9. The Kier molecular flexibility index (Phi) is 8.82. The number of ether oxygens (including phenoxy) is 1. The number of nitrogens with one attached hydrogen (secondary N) is 1. The molecule has 186 valence electrons. The second kappa shape index (κ2) is 12.0. The first-order valence-corrected chi connectivity index (χ1v) is 11.8. The molecule has 0 fully saturated rings. The standard InChI is InChI=1S/C30H31NO5/c1-30(2,3)36-26(20-32)25(18-19-27(33)34)31-29(35)24-16-14-23(15-17-24)28(21-10-6-4-7-11-21)22-12-8-5-9-13-22/h4-17,25,28H,18-19H2,1-3H3,(H,31,35)(H,33,34). The molecular formula is C30H31NO5. The number of amides is 1. The van der Waals surface area contributed by atoms with E-state index in [1.807, 2.05) is 48.5 Å². The Morgan fingerprint density at radius 2 is 1.36 bits per heavy atom. The third kappa shape index (κ3) is 7.42. The fourth-order valence-corrected chi connectivity index (χ4v) is 3.97. The second-order valence-electron chi connectivity index (χ2n) is 9.52. The van der Waals surface area contributed by atoms with Crippen molar-refractivity contribution in [2.75, 3.05) is 0 Å². The first-order chi connectivity index (χ1) is 17.2. The molecule has 0 spiro atoms. The van der Waals surface area contributed by atoms with E-state index in [2.05, 4.69) is 29.6 Å². The Morgan fingerprint density at radius 3 is 1.81 bits per heavy atom. The molecule has 0 aromatic heterocycles. The summed E-state index contributed by atoms with van der Waals surface area (Å²) in [7, 11) is 0. The summed E-state index contributed by atoms with van der Waals surface area (Å²) in [5, 5.41) is 11.9. The van der Waals surface area contributed by atoms with Gasteiger partial charge in [0.2, 0.25) is 5.76 Å². The number of carboxylic acid groups (broad SMARTS) is 1. The summed E-state index contributed by atoms with van der Waals surface area (Å²) < 4.78 is 5.65. The maximum atomic E-state index is 13.0. The molecule has 0 saturated carbocycles. The highest BCUT2D eigenvalue weighted by Crippen LogP contribution is 2.32. The largest absolute Gasteiger partial charge is 0.481 e. The summed E-state index contributed by atoms with van der Waals surface area (Å²) in [4.78, 5) is 35.8. The number of aliphatic carboxylic acids is 1. The van der Waals surface area contributed by atoms with Crippen LogP contribution in [-0.2, 0) is 14.3 Å². The van der Waals surface area contributed by atoms with E-state index in [0.29, 0.717) is 5.56 Å². The highest BCUT2D eigenvalue weighted by Gasteiger charge is 2.26. The number of rotatable bonds is 10. The molecule has 36 heavy (non-hydrogen) atoms. The SMILES string of the molecule is CC(C)(C)OC(=C=O)C(CCC(=O)O)NC(=O)c1ccc(C(c2ccccc2)c2ccccc2)cc1. The topological polar surface area (TPSA) is 92.7 Å². The van der Waals surface area contributed by atoms with Crippen molar-refractivity contribution in [2.24, 2.45) is 0 Å². The van der Waals surface area contributed by atoms with Crippen LogP contribution in [-0.4, -0.2) is 34.6 Å². The van der Waals surface area contributed by atoms with Gasteiger partial charge in [-0.25, -0.2) is 4.79 Å². The fraction of sp³-hybridized carbons (Fsp3) is 0.267. The fourth-order valence-electron chi connectivity index (χ4n) is 3.97. The van der Waals surface area contributed by atoms with Gasteiger partial charge in [-0.05, 0) is 56.0 Å². The van der Waals surface area contributed by atoms with Crippen LogP contribution in [0.2, 0.25) is 0 Å². The Labute approximate surface area is 211 Å². The number of carbonyl (C=O) groups excluding carboxylic acids is 2. The van der Waals surface area contributed by atoms with Gasteiger partial charge in [-0.2, -0.15) is 0 Å². The number of hydrogen-bond acceptors (Lipinski definition) is 4. The Balaban J connectivity index is 1.85. The lowest BCUT2D eigenvalue weighted by Gasteiger charge is -2.26. The minimum absolute atomic E-state index is 0.00221. The Bertz CT molecular complexity index is 1170. The van der Waals surface area contributed by atoms with Gasteiger partial charge in [-0.1, -0.05) is 72.8 Å². The maximum absolute atomic E-state index is 13.0. The lowest BCUT2D eigenvalue weighted by molar-refractivity contribution is -0.137. The summed E-state index contributed by atoms with van der Waals surface area (Å²) in [5.74, 6) is 0.144. The molecule has 2 N–H and O–H groups in total. The summed E-state index contributed by atoms with van der Waals surface area (Å²) in [6.07, 6.45) is -0.234. The van der Waals surface area contributed by atoms with Crippen LogP contribution in [0.15, 0.2) is 90.7 Å². The van der Waals surface area contributed by atoms with Crippen molar-refractivity contribution < 1.29 is 24.2 Å². The molecule has 3 aromatic carbocycles. The van der Waals surface area contributed by atoms with E-state index in [-0.39, 0.29) is 24.5 Å². The van der Waals surface area contributed by atoms with Gasteiger partial charge in [0.1, 0.15) is 5.60 Å². The Hall–Kier alpha value is -4.15. The first-order valence-electron chi connectivity index (χ1n) is 11.8. The third-order valence-corrected chi connectivity index (χ3v) is 5.56. The molecule has 3 rings (SSSR count). The summed E-state index contributed by atoms with van der Waals surface area (Å²) >= 11 is 0. The van der Waals surface area contributed by atoms with Crippen LogP contribution < -0.4 is 5.32 Å². The van der Waals surface area contributed by atoms with Gasteiger partial charge in [0.05, 0.1) is 6.04 Å². The maximum Gasteiger partial charge on any atom is 0.303 e. The van der Waals surface area contributed by atoms with E-state index in [9.17, 15) is 14.4 Å². The average molecular weight is 486 g/mol. The number of carbonyl (C=O) groups is 2. The van der Waals surface area contributed by atoms with Crippen LogP contribution >= 0.6 is 0 Å². The van der Waals surface area contributed by atoms with E-state index in [1.165, 1.54) is 0 Å². The molecule has 6 nitrogen and oxygen atoms in total. The van der Waals surface area contributed by atoms with Crippen LogP contribution in [0.1, 0.15) is 66.6 Å². The van der Waals surface area contributed by atoms with Gasteiger partial charge < -0.3 is 15.2 Å². The highest BCUT2D eigenvalue weighted by atomic mass is 16.5. The molecule has 1 atom stereocenters. The predicted molar refractivity (Wildman–Crippen MR) is 138 cm³/mol. The van der Waals surface area contributed by atoms with Gasteiger partial charge in [0.25, 0.3) is 5.91 Å². The van der Waals surface area contributed by atoms with Crippen LogP contribution in [0, 0.1) is 0 Å². The van der Waals surface area contributed by atoms with Crippen molar-refractivity contribution in [2.45, 2.75) is 51.2 Å². The first kappa shape index (κ1) is 26.5. The van der Waals surface area contributed by atoms with Gasteiger partial charge >= 0.3 is 5.97 Å². The van der Waals surface area contributed by atoms with Crippen LogP contribution in [0.4, 0.5) is 0 Å². The molecule has 0 bridgehead atoms. The van der Waals surface area contributed by atoms with Crippen LogP contribution in [0.25, 0.3) is 0 Å². The molecular weight excluding hydrogens is 454 g/mol. The number of benzene rings is 3. The molecule has 1 unspecified atom stereocenters. The minimum atomic E-state index is -1.03. The van der Waals surface area contributed by atoms with Crippen molar-refractivity contribution in [1.82, 2.24) is 5.32 Å². The number of hydrogen-bond donors (Lipinski definition) is 2. The smallest absolute Gasteiger partial charge is 0.303 e. The van der Waals surface area contributed by atoms with Crippen molar-refractivity contribution in [3.63, 3.8) is 0 Å². The molecule has 0 aliphatic rings. The van der Waals surface area contributed by atoms with E-state index < -0.39 is 23.5 Å². The monoisotopic (exact) mass is 485 g/mol. The molecule has 0 aliphatic heterocycles. The molecule has 3 aromatic rings. The van der Waals surface area contributed by atoms with Gasteiger partial charge in [0, 0.05) is 17.9 Å². The zero-order valence-electron chi connectivity index (χ0n) is 20.7. The molecule has 0 heterocycles. The molecule has 0 aliphatic carbocycles. The van der Waals surface area contributed by atoms with E-state index in [1.54, 1.807) is 38.8 Å². The van der Waals surface area contributed by atoms with E-state index in [4.69, 9.17) is 9.84 Å². The predicted octanol–water partition coefficient (Wildman–Crippen LogP) is 5.36. The quantitative estimate of drug-likeness (QED) is 0.229.